The van der Waals surface area contributed by atoms with Crippen molar-refractivity contribution in [1.82, 2.24) is 9.13 Å². The molecule has 0 amide bonds. The van der Waals surface area contributed by atoms with Crippen LogP contribution in [0.3, 0.4) is 0 Å². The highest BCUT2D eigenvalue weighted by atomic mass is 32.1. The molecule has 0 atom stereocenters. The zero-order valence-corrected chi connectivity index (χ0v) is 41.2. The molecule has 4 heterocycles. The van der Waals surface area contributed by atoms with Gasteiger partial charge in [0.25, 0.3) is 0 Å². The Morgan fingerprint density at radius 1 is 0.405 bits per heavy atom. The lowest BCUT2D eigenvalue weighted by molar-refractivity contribution is 1.17. The monoisotopic (exact) mass is 959 g/mol. The zero-order valence-electron chi connectivity index (χ0n) is 40.3. The fraction of sp³-hybridized carbons (Fsp3) is 0.0143. The van der Waals surface area contributed by atoms with E-state index in [1.807, 2.05) is 11.3 Å². The van der Waals surface area contributed by atoms with Crippen LogP contribution >= 0.6 is 11.3 Å². The van der Waals surface area contributed by atoms with Crippen molar-refractivity contribution < 1.29 is 0 Å². The number of aromatic nitrogens is 2. The Morgan fingerprint density at radius 2 is 1.04 bits per heavy atom. The summed E-state index contributed by atoms with van der Waals surface area (Å²) < 4.78 is 7.39. The van der Waals surface area contributed by atoms with Crippen LogP contribution in [0, 0.1) is 0 Å². The third kappa shape index (κ3) is 6.69. The van der Waals surface area contributed by atoms with Crippen LogP contribution in [-0.4, -0.2) is 14.8 Å². The summed E-state index contributed by atoms with van der Waals surface area (Å²) in [5.74, 6) is 0. The predicted octanol–water partition coefficient (Wildman–Crippen LogP) is 19.1. The molecule has 14 aromatic rings. The maximum atomic E-state index is 5.89. The van der Waals surface area contributed by atoms with E-state index in [-0.39, 0.29) is 0 Å². The smallest absolute Gasteiger partial charge is 0.0732 e. The molecule has 0 N–H and O–H groups in total. The summed E-state index contributed by atoms with van der Waals surface area (Å²) in [4.78, 5) is 5.89. The summed E-state index contributed by atoms with van der Waals surface area (Å²) in [5, 5.41) is 12.3. The van der Waals surface area contributed by atoms with Crippen molar-refractivity contribution >= 4 is 114 Å². The maximum Gasteiger partial charge on any atom is 0.0732 e. The van der Waals surface area contributed by atoms with Crippen molar-refractivity contribution in [1.29, 1.82) is 0 Å². The minimum absolute atomic E-state index is 0.592. The molecule has 1 aliphatic rings. The van der Waals surface area contributed by atoms with E-state index < -0.39 is 0 Å². The molecule has 0 saturated carbocycles. The average molecular weight is 960 g/mol. The minimum Gasteiger partial charge on any atom is -0.309 e. The van der Waals surface area contributed by atoms with Crippen LogP contribution in [0.5, 0.6) is 0 Å². The highest BCUT2D eigenvalue weighted by molar-refractivity contribution is 7.26. The fourth-order valence-electron chi connectivity index (χ4n) is 11.9. The molecular weight excluding hydrogens is 915 g/mol. The van der Waals surface area contributed by atoms with Gasteiger partial charge in [-0.2, -0.15) is 0 Å². The molecule has 11 aromatic carbocycles. The second-order valence-electron chi connectivity index (χ2n) is 19.5. The van der Waals surface area contributed by atoms with Crippen molar-refractivity contribution in [3.63, 3.8) is 0 Å². The molecule has 3 nitrogen and oxygen atoms in total. The molecule has 0 spiro atoms. The van der Waals surface area contributed by atoms with Gasteiger partial charge in [-0.25, -0.2) is 0 Å². The minimum atomic E-state index is 0.592. The molecule has 0 unspecified atom stereocenters. The van der Waals surface area contributed by atoms with Gasteiger partial charge in [0, 0.05) is 59.4 Å². The molecule has 74 heavy (non-hydrogen) atoms. The number of thiophene rings is 1. The highest BCUT2D eigenvalue weighted by Crippen LogP contribution is 2.46. The molecule has 346 valence electrons. The van der Waals surface area contributed by atoms with Gasteiger partial charge in [0.2, 0.25) is 0 Å². The van der Waals surface area contributed by atoms with E-state index in [1.54, 1.807) is 0 Å². The molecule has 3 aromatic heterocycles. The van der Waals surface area contributed by atoms with Crippen molar-refractivity contribution in [2.75, 3.05) is 0 Å². The van der Waals surface area contributed by atoms with Gasteiger partial charge >= 0.3 is 0 Å². The Bertz CT molecular complexity index is 4730. The first-order chi connectivity index (χ1) is 36.6. The Kier molecular flexibility index (Phi) is 9.66. The number of rotatable bonds is 6. The third-order valence-electron chi connectivity index (χ3n) is 15.3. The number of para-hydroxylation sites is 3. The van der Waals surface area contributed by atoms with Gasteiger partial charge in [0.1, 0.15) is 0 Å². The van der Waals surface area contributed by atoms with E-state index in [1.165, 1.54) is 79.9 Å². The van der Waals surface area contributed by atoms with Crippen LogP contribution in [0.1, 0.15) is 23.1 Å². The summed E-state index contributed by atoms with van der Waals surface area (Å²) in [7, 11) is 0. The molecule has 0 fully saturated rings. The van der Waals surface area contributed by atoms with E-state index in [9.17, 15) is 0 Å². The number of allylic oxidation sites excluding steroid dienone is 4. The summed E-state index contributed by atoms with van der Waals surface area (Å²) >= 11 is 1.86. The maximum absolute atomic E-state index is 5.89. The summed E-state index contributed by atoms with van der Waals surface area (Å²) in [6, 6.07) is 86.4. The Labute approximate surface area is 431 Å². The van der Waals surface area contributed by atoms with E-state index in [4.69, 9.17) is 11.6 Å². The molecule has 4 heteroatoms. The van der Waals surface area contributed by atoms with Gasteiger partial charge in [-0.1, -0.05) is 189 Å². The van der Waals surface area contributed by atoms with Crippen LogP contribution in [0.15, 0.2) is 266 Å². The first-order valence-electron chi connectivity index (χ1n) is 25.3. The lowest BCUT2D eigenvalue weighted by atomic mass is 9.90. The lowest BCUT2D eigenvalue weighted by Gasteiger charge is -2.20. The number of hydrogen-bond acceptors (Lipinski definition) is 2. The lowest BCUT2D eigenvalue weighted by Crippen LogP contribution is -2.06. The van der Waals surface area contributed by atoms with Gasteiger partial charge in [0.15, 0.2) is 0 Å². The van der Waals surface area contributed by atoms with Gasteiger partial charge in [0.05, 0.1) is 39.2 Å². The van der Waals surface area contributed by atoms with Gasteiger partial charge in [-0.05, 0) is 122 Å². The Hall–Kier alpha value is -9.35. The largest absolute Gasteiger partial charge is 0.309 e. The predicted molar refractivity (Wildman–Crippen MR) is 318 cm³/mol. The molecule has 0 radical (unpaired) electrons. The van der Waals surface area contributed by atoms with Crippen molar-refractivity contribution in [3.8, 4) is 22.5 Å². The second kappa shape index (κ2) is 16.9. The first-order valence-corrected chi connectivity index (χ1v) is 26.2. The Morgan fingerprint density at radius 3 is 1.84 bits per heavy atom. The molecular formula is C70H45N3S. The number of hydrogen-bond donors (Lipinski definition) is 0. The van der Waals surface area contributed by atoms with E-state index in [0.717, 1.165) is 67.2 Å². The summed E-state index contributed by atoms with van der Waals surface area (Å²) in [5.41, 5.74) is 16.3. The van der Waals surface area contributed by atoms with Crippen molar-refractivity contribution in [3.05, 3.63) is 278 Å². The number of nitrogens with zero attached hydrogens (tertiary/aromatic N) is 3. The Balaban J connectivity index is 1.03. The molecule has 0 bridgehead atoms. The standard InChI is InChI=1S/C70H45N3S/c1-44-39-61(58-42-59-68(74-67-38-35-47-19-10-11-24-53(47)70(59)67)43-66(58)73-62-28-14-12-25-54(62)57-40-49-20-8-9-21-50(49)41-65(57)73)71-60(48-33-31-46(32-34-48)45-17-4-2-5-18-45)37-36-52(44)55-27-16-30-64-69(55)56-26-13-15-29-63(56)72(64)51-22-6-3-7-23-51/h2-36,38-43H,1,37H2/b52-36?,61-39-,71-60?. The highest BCUT2D eigenvalue weighted by Gasteiger charge is 2.24. The first kappa shape index (κ1) is 42.3. The molecule has 1 aliphatic heterocycles. The zero-order chi connectivity index (χ0) is 48.9. The fourth-order valence-corrected chi connectivity index (χ4v) is 13.0. The normalized spacial score (nSPS) is 14.1. The van der Waals surface area contributed by atoms with Gasteiger partial charge in [-0.15, -0.1) is 11.3 Å². The number of benzene rings is 11. The van der Waals surface area contributed by atoms with Crippen molar-refractivity contribution in [2.45, 2.75) is 6.42 Å². The summed E-state index contributed by atoms with van der Waals surface area (Å²) in [6.07, 6.45) is 5.22. The second-order valence-corrected chi connectivity index (χ2v) is 20.5. The van der Waals surface area contributed by atoms with Crippen LogP contribution in [0.4, 0.5) is 0 Å². The number of aliphatic imine (C=N–C) groups is 1. The van der Waals surface area contributed by atoms with Crippen LogP contribution < -0.4 is 0 Å². The molecule has 15 rings (SSSR count). The van der Waals surface area contributed by atoms with E-state index in [0.29, 0.717) is 6.42 Å². The van der Waals surface area contributed by atoms with Gasteiger partial charge in [-0.3, -0.25) is 4.99 Å². The quantitative estimate of drug-likeness (QED) is 0.158. The topological polar surface area (TPSA) is 22.2 Å². The van der Waals surface area contributed by atoms with E-state index in [2.05, 4.69) is 258 Å². The van der Waals surface area contributed by atoms with E-state index >= 15 is 0 Å². The van der Waals surface area contributed by atoms with Gasteiger partial charge < -0.3 is 9.13 Å². The summed E-state index contributed by atoms with van der Waals surface area (Å²) in [6.45, 7) is 4.99. The van der Waals surface area contributed by atoms with Crippen LogP contribution in [0.2, 0.25) is 0 Å². The molecule has 0 saturated heterocycles. The third-order valence-corrected chi connectivity index (χ3v) is 16.4. The number of fused-ring (bicyclic) bond motifs is 12. The SMILES string of the molecule is C=C1/C=C(/c2cc3c(cc2-n2c4ccccc4c4cc5ccccc5cc42)sc2ccc4ccccc4c23)N=C(c2ccc(-c3ccccc3)cc2)CC=C1c1cccc2c1c1ccccc1n2-c1ccccc1. The van der Waals surface area contributed by atoms with Crippen molar-refractivity contribution in [2.24, 2.45) is 4.99 Å². The van der Waals surface area contributed by atoms with Crippen LogP contribution in [-0.2, 0) is 0 Å². The average Bonchev–Trinajstić information content (AvgIpc) is 4.13. The molecule has 0 aliphatic carbocycles. The van der Waals surface area contributed by atoms with Crippen LogP contribution in [0.25, 0.3) is 119 Å².